The Morgan fingerprint density at radius 2 is 2.16 bits per heavy atom. The molecule has 0 aliphatic rings. The minimum atomic E-state index is -0.765. The number of hydrogen-bond acceptors (Lipinski definition) is 5. The highest BCUT2D eigenvalue weighted by atomic mass is 79.9. The molecule has 0 aliphatic heterocycles. The molecule has 1 rings (SSSR count). The number of aliphatic hydroxyl groups is 1. The summed E-state index contributed by atoms with van der Waals surface area (Å²) in [6.07, 6.45) is -0.781. The maximum atomic E-state index is 11.1. The van der Waals surface area contributed by atoms with E-state index in [1.165, 1.54) is 7.11 Å². The van der Waals surface area contributed by atoms with Gasteiger partial charge in [-0.05, 0) is 34.1 Å². The summed E-state index contributed by atoms with van der Waals surface area (Å²) in [7, 11) is 4.75. The highest BCUT2D eigenvalue weighted by Crippen LogP contribution is 2.29. The lowest BCUT2D eigenvalue weighted by atomic mass is 10.2. The maximum absolute atomic E-state index is 11.1. The SMILES string of the molecule is COC(=O)CC(O)CN(C)c1ccc(OC)c(Br)c1. The first-order valence-corrected chi connectivity index (χ1v) is 6.56. The number of hydrogen-bond donors (Lipinski definition) is 1. The fourth-order valence-corrected chi connectivity index (χ4v) is 2.18. The van der Waals surface area contributed by atoms with Gasteiger partial charge in [0.2, 0.25) is 0 Å². The molecule has 1 unspecified atom stereocenters. The van der Waals surface area contributed by atoms with Gasteiger partial charge in [-0.3, -0.25) is 4.79 Å². The van der Waals surface area contributed by atoms with Crippen LogP contribution in [0.3, 0.4) is 0 Å². The molecule has 6 heteroatoms. The topological polar surface area (TPSA) is 59.0 Å². The van der Waals surface area contributed by atoms with Gasteiger partial charge < -0.3 is 19.5 Å². The molecular formula is C13H18BrNO4. The summed E-state index contributed by atoms with van der Waals surface area (Å²) in [6, 6.07) is 5.61. The number of carbonyl (C=O) groups excluding carboxylic acids is 1. The van der Waals surface area contributed by atoms with Crippen LogP contribution >= 0.6 is 15.9 Å². The van der Waals surface area contributed by atoms with E-state index in [9.17, 15) is 9.90 Å². The Bertz CT molecular complexity index is 439. The Labute approximate surface area is 121 Å². The zero-order valence-electron chi connectivity index (χ0n) is 11.2. The van der Waals surface area contributed by atoms with Crippen molar-refractivity contribution in [3.05, 3.63) is 22.7 Å². The van der Waals surface area contributed by atoms with Crippen molar-refractivity contribution >= 4 is 27.6 Å². The van der Waals surface area contributed by atoms with Crippen molar-refractivity contribution in [2.24, 2.45) is 0 Å². The van der Waals surface area contributed by atoms with Gasteiger partial charge in [0.25, 0.3) is 0 Å². The normalized spacial score (nSPS) is 11.8. The number of methoxy groups -OCH3 is 2. The number of halogens is 1. The third-order valence-electron chi connectivity index (χ3n) is 2.69. The average Bonchev–Trinajstić information content (AvgIpc) is 2.38. The summed E-state index contributed by atoms with van der Waals surface area (Å²) in [5.74, 6) is 0.323. The first-order chi connectivity index (χ1) is 8.97. The van der Waals surface area contributed by atoms with Crippen molar-refractivity contribution in [3.8, 4) is 5.75 Å². The number of carbonyl (C=O) groups is 1. The van der Waals surface area contributed by atoms with Gasteiger partial charge in [0.15, 0.2) is 0 Å². The molecule has 0 radical (unpaired) electrons. The summed E-state index contributed by atoms with van der Waals surface area (Å²) in [6.45, 7) is 0.341. The molecule has 0 heterocycles. The Balaban J connectivity index is 2.65. The highest BCUT2D eigenvalue weighted by molar-refractivity contribution is 9.10. The van der Waals surface area contributed by atoms with Crippen molar-refractivity contribution in [2.45, 2.75) is 12.5 Å². The first kappa shape index (κ1) is 15.8. The summed E-state index contributed by atoms with van der Waals surface area (Å²) in [5, 5.41) is 9.77. The molecule has 1 aromatic carbocycles. The molecule has 0 saturated heterocycles. The fourth-order valence-electron chi connectivity index (χ4n) is 1.65. The second-order valence-electron chi connectivity index (χ2n) is 4.13. The molecule has 0 aliphatic carbocycles. The minimum absolute atomic E-state index is 0.0157. The third-order valence-corrected chi connectivity index (χ3v) is 3.31. The summed E-state index contributed by atoms with van der Waals surface area (Å²) in [5.41, 5.74) is 0.914. The summed E-state index contributed by atoms with van der Waals surface area (Å²) in [4.78, 5) is 12.9. The molecule has 0 saturated carbocycles. The molecule has 5 nitrogen and oxygen atoms in total. The van der Waals surface area contributed by atoms with Gasteiger partial charge in [-0.1, -0.05) is 0 Å². The van der Waals surface area contributed by atoms with Gasteiger partial charge in [0.05, 0.1) is 31.2 Å². The molecule has 0 amide bonds. The van der Waals surface area contributed by atoms with E-state index < -0.39 is 12.1 Å². The molecule has 0 spiro atoms. The quantitative estimate of drug-likeness (QED) is 0.806. The molecule has 106 valence electrons. The Kier molecular flexibility index (Phi) is 6.11. The highest BCUT2D eigenvalue weighted by Gasteiger charge is 2.14. The summed E-state index contributed by atoms with van der Waals surface area (Å²) >= 11 is 3.41. The number of anilines is 1. The van der Waals surface area contributed by atoms with Gasteiger partial charge in [-0.2, -0.15) is 0 Å². The van der Waals surface area contributed by atoms with Crippen molar-refractivity contribution in [1.82, 2.24) is 0 Å². The predicted octanol–water partition coefficient (Wildman–Crippen LogP) is 1.82. The van der Waals surface area contributed by atoms with Crippen LogP contribution in [-0.2, 0) is 9.53 Å². The van der Waals surface area contributed by atoms with Crippen LogP contribution in [0.5, 0.6) is 5.75 Å². The number of esters is 1. The number of benzene rings is 1. The van der Waals surface area contributed by atoms with E-state index in [0.29, 0.717) is 6.54 Å². The number of nitrogens with zero attached hydrogens (tertiary/aromatic N) is 1. The number of aliphatic hydroxyl groups excluding tert-OH is 1. The van der Waals surface area contributed by atoms with Crippen LogP contribution in [0.1, 0.15) is 6.42 Å². The second kappa shape index (κ2) is 7.35. The van der Waals surface area contributed by atoms with Gasteiger partial charge in [-0.25, -0.2) is 0 Å². The zero-order chi connectivity index (χ0) is 14.4. The van der Waals surface area contributed by atoms with E-state index in [-0.39, 0.29) is 6.42 Å². The number of ether oxygens (including phenoxy) is 2. The van der Waals surface area contributed by atoms with Crippen LogP contribution in [0.4, 0.5) is 5.69 Å². The lowest BCUT2D eigenvalue weighted by Crippen LogP contribution is -2.30. The van der Waals surface area contributed by atoms with Crippen LogP contribution in [0, 0.1) is 0 Å². The molecule has 1 aromatic rings. The standard InChI is InChI=1S/C13H18BrNO4/c1-15(8-10(16)7-13(17)19-3)9-4-5-12(18-2)11(14)6-9/h4-6,10,16H,7-8H2,1-3H3. The largest absolute Gasteiger partial charge is 0.496 e. The molecule has 0 fully saturated rings. The van der Waals surface area contributed by atoms with E-state index in [1.54, 1.807) is 7.11 Å². The maximum Gasteiger partial charge on any atom is 0.308 e. The van der Waals surface area contributed by atoms with Crippen LogP contribution in [0.2, 0.25) is 0 Å². The molecule has 0 bridgehead atoms. The Morgan fingerprint density at radius 1 is 1.47 bits per heavy atom. The lowest BCUT2D eigenvalue weighted by molar-refractivity contribution is -0.142. The Morgan fingerprint density at radius 3 is 2.68 bits per heavy atom. The van der Waals surface area contributed by atoms with Gasteiger partial charge in [-0.15, -0.1) is 0 Å². The van der Waals surface area contributed by atoms with Crippen LogP contribution in [-0.4, -0.2) is 45.0 Å². The van der Waals surface area contributed by atoms with E-state index >= 15 is 0 Å². The molecule has 1 N–H and O–H groups in total. The van der Waals surface area contributed by atoms with Gasteiger partial charge in [0.1, 0.15) is 5.75 Å². The predicted molar refractivity (Wildman–Crippen MR) is 76.6 cm³/mol. The van der Waals surface area contributed by atoms with E-state index in [2.05, 4.69) is 20.7 Å². The average molecular weight is 332 g/mol. The minimum Gasteiger partial charge on any atom is -0.496 e. The van der Waals surface area contributed by atoms with Crippen LogP contribution in [0.25, 0.3) is 0 Å². The molecule has 19 heavy (non-hydrogen) atoms. The zero-order valence-corrected chi connectivity index (χ0v) is 12.8. The van der Waals surface area contributed by atoms with Gasteiger partial charge >= 0.3 is 5.97 Å². The van der Waals surface area contributed by atoms with Gasteiger partial charge in [0, 0.05) is 19.3 Å². The monoisotopic (exact) mass is 331 g/mol. The van der Waals surface area contributed by atoms with Crippen LogP contribution in [0.15, 0.2) is 22.7 Å². The first-order valence-electron chi connectivity index (χ1n) is 5.77. The molecule has 0 aromatic heterocycles. The van der Waals surface area contributed by atoms with Crippen molar-refractivity contribution < 1.29 is 19.4 Å². The fraction of sp³-hybridized carbons (Fsp3) is 0.462. The smallest absolute Gasteiger partial charge is 0.308 e. The molecule has 1 atom stereocenters. The van der Waals surface area contributed by atoms with E-state index in [0.717, 1.165) is 15.9 Å². The second-order valence-corrected chi connectivity index (χ2v) is 4.99. The van der Waals surface area contributed by atoms with Crippen molar-refractivity contribution in [3.63, 3.8) is 0 Å². The van der Waals surface area contributed by atoms with E-state index in [1.807, 2.05) is 30.1 Å². The van der Waals surface area contributed by atoms with Crippen LogP contribution < -0.4 is 9.64 Å². The van der Waals surface area contributed by atoms with Crippen molar-refractivity contribution in [1.29, 1.82) is 0 Å². The number of rotatable bonds is 6. The Hall–Kier alpha value is -1.27. The van der Waals surface area contributed by atoms with E-state index in [4.69, 9.17) is 4.74 Å². The van der Waals surface area contributed by atoms with Crippen molar-refractivity contribution in [2.75, 3.05) is 32.7 Å². The summed E-state index contributed by atoms with van der Waals surface area (Å²) < 4.78 is 10.5. The molecular weight excluding hydrogens is 314 g/mol. The third kappa shape index (κ3) is 4.72. The lowest BCUT2D eigenvalue weighted by Gasteiger charge is -2.22. The number of likely N-dealkylation sites (N-methyl/N-ethyl adjacent to an activating group) is 1.